The second-order valence-corrected chi connectivity index (χ2v) is 5.59. The quantitative estimate of drug-likeness (QED) is 0.724. The third-order valence-corrected chi connectivity index (χ3v) is 3.97. The number of rotatable bonds is 6. The third kappa shape index (κ3) is 4.95. The zero-order valence-corrected chi connectivity index (χ0v) is 12.7. The second-order valence-electron chi connectivity index (χ2n) is 4.56. The molecule has 6 nitrogen and oxygen atoms in total. The van der Waals surface area contributed by atoms with Gasteiger partial charge in [0.25, 0.3) is 0 Å². The van der Waals surface area contributed by atoms with Crippen molar-refractivity contribution in [3.05, 3.63) is 24.3 Å². The maximum atomic E-state index is 11.9. The lowest BCUT2D eigenvalue weighted by Gasteiger charge is -2.11. The molecule has 2 rings (SSSR count). The smallest absolute Gasteiger partial charge is 0.242 e. The van der Waals surface area contributed by atoms with Crippen LogP contribution in [-0.4, -0.2) is 43.1 Å². The molecule has 0 aliphatic carbocycles. The average Bonchev–Trinajstić information content (AvgIpc) is 3.03. The van der Waals surface area contributed by atoms with E-state index in [4.69, 9.17) is 4.74 Å². The molecular weight excluding hydrogens is 290 g/mol. The van der Waals surface area contributed by atoms with Crippen molar-refractivity contribution in [2.75, 3.05) is 30.6 Å². The Hall–Kier alpha value is -1.73. The Kier molecular flexibility index (Phi) is 5.89. The number of hydrogen-bond donors (Lipinski definition) is 3. The number of nitrogens with one attached hydrogen (secondary N) is 3. The van der Waals surface area contributed by atoms with E-state index in [0.29, 0.717) is 18.8 Å². The summed E-state index contributed by atoms with van der Waals surface area (Å²) < 4.78 is 5.45. The summed E-state index contributed by atoms with van der Waals surface area (Å²) in [5.74, 6) is 2.21. The Balaban J connectivity index is 1.78. The predicted octanol–water partition coefficient (Wildman–Crippen LogP) is 0.802. The lowest BCUT2D eigenvalue weighted by Crippen LogP contribution is -2.37. The number of carbonyl (C=O) groups excluding carboxylic acids is 2. The summed E-state index contributed by atoms with van der Waals surface area (Å²) >= 11 is 1.71. The maximum absolute atomic E-state index is 11.9. The molecule has 1 atom stereocenters. The van der Waals surface area contributed by atoms with Crippen molar-refractivity contribution in [3.8, 4) is 5.75 Å². The fraction of sp³-hybridized carbons (Fsp3) is 0.429. The zero-order chi connectivity index (χ0) is 15.1. The van der Waals surface area contributed by atoms with Crippen molar-refractivity contribution in [2.45, 2.75) is 12.5 Å². The van der Waals surface area contributed by atoms with Gasteiger partial charge >= 0.3 is 0 Å². The minimum absolute atomic E-state index is 0.0201. The van der Waals surface area contributed by atoms with Crippen molar-refractivity contribution >= 4 is 29.3 Å². The summed E-state index contributed by atoms with van der Waals surface area (Å²) in [5.41, 5.74) is 0.734. The standard InChI is InChI=1S/C14H19N3O3S/c1-15-13(18)6-7-20-11-4-2-10(3-5-11)17-14(19)12-8-21-9-16-12/h2-5,12,16H,6-9H2,1H3,(H,15,18)(H,17,19). The Bertz CT molecular complexity index is 487. The molecule has 1 saturated heterocycles. The van der Waals surface area contributed by atoms with Crippen LogP contribution in [0.25, 0.3) is 0 Å². The van der Waals surface area contributed by atoms with Crippen molar-refractivity contribution in [1.29, 1.82) is 0 Å². The molecule has 1 aromatic carbocycles. The Morgan fingerprint density at radius 1 is 1.38 bits per heavy atom. The third-order valence-electron chi connectivity index (χ3n) is 3.03. The van der Waals surface area contributed by atoms with Gasteiger partial charge in [-0.3, -0.25) is 14.9 Å². The van der Waals surface area contributed by atoms with Crippen LogP contribution in [0.2, 0.25) is 0 Å². The van der Waals surface area contributed by atoms with Gasteiger partial charge in [0.15, 0.2) is 0 Å². The van der Waals surface area contributed by atoms with E-state index in [0.717, 1.165) is 17.3 Å². The van der Waals surface area contributed by atoms with E-state index in [1.54, 1.807) is 43.1 Å². The fourth-order valence-electron chi connectivity index (χ4n) is 1.81. The minimum atomic E-state index is -0.126. The molecule has 3 N–H and O–H groups in total. The highest BCUT2D eigenvalue weighted by atomic mass is 32.2. The monoisotopic (exact) mass is 309 g/mol. The van der Waals surface area contributed by atoms with Crippen LogP contribution in [-0.2, 0) is 9.59 Å². The van der Waals surface area contributed by atoms with Gasteiger partial charge in [-0.05, 0) is 24.3 Å². The average molecular weight is 309 g/mol. The SMILES string of the molecule is CNC(=O)CCOc1ccc(NC(=O)C2CSCN2)cc1. The first-order chi connectivity index (χ1) is 10.2. The van der Waals surface area contributed by atoms with Gasteiger partial charge in [0, 0.05) is 24.4 Å². The molecule has 7 heteroatoms. The normalized spacial score (nSPS) is 17.3. The van der Waals surface area contributed by atoms with Gasteiger partial charge in [0.1, 0.15) is 5.75 Å². The topological polar surface area (TPSA) is 79.5 Å². The van der Waals surface area contributed by atoms with Gasteiger partial charge in [0.05, 0.1) is 19.1 Å². The Labute approximate surface area is 128 Å². The fourth-order valence-corrected chi connectivity index (χ4v) is 2.76. The largest absolute Gasteiger partial charge is 0.493 e. The molecule has 114 valence electrons. The second kappa shape index (κ2) is 7.90. The number of thioether (sulfide) groups is 1. The van der Waals surface area contributed by atoms with Crippen LogP contribution in [0.4, 0.5) is 5.69 Å². The molecule has 0 radical (unpaired) electrons. The van der Waals surface area contributed by atoms with E-state index in [2.05, 4.69) is 16.0 Å². The lowest BCUT2D eigenvalue weighted by atomic mass is 10.2. The molecule has 0 bridgehead atoms. The lowest BCUT2D eigenvalue weighted by molar-refractivity contribution is -0.121. The van der Waals surface area contributed by atoms with Crippen LogP contribution < -0.4 is 20.7 Å². The number of anilines is 1. The zero-order valence-electron chi connectivity index (χ0n) is 11.8. The van der Waals surface area contributed by atoms with Crippen LogP contribution in [0.15, 0.2) is 24.3 Å². The highest BCUT2D eigenvalue weighted by Crippen LogP contribution is 2.17. The molecule has 1 unspecified atom stereocenters. The first kappa shape index (κ1) is 15.7. The molecule has 1 aromatic rings. The van der Waals surface area contributed by atoms with Crippen molar-refractivity contribution in [1.82, 2.24) is 10.6 Å². The molecule has 1 aliphatic rings. The highest BCUT2D eigenvalue weighted by Gasteiger charge is 2.22. The van der Waals surface area contributed by atoms with Crippen LogP contribution in [0.1, 0.15) is 6.42 Å². The molecule has 0 aromatic heterocycles. The van der Waals surface area contributed by atoms with Crippen molar-refractivity contribution in [3.63, 3.8) is 0 Å². The number of benzene rings is 1. The predicted molar refractivity (Wildman–Crippen MR) is 83.5 cm³/mol. The van der Waals surface area contributed by atoms with Gasteiger partial charge in [-0.25, -0.2) is 0 Å². The van der Waals surface area contributed by atoms with Gasteiger partial charge in [-0.1, -0.05) is 0 Å². The molecule has 2 amide bonds. The summed E-state index contributed by atoms with van der Waals surface area (Å²) in [4.78, 5) is 23.0. The van der Waals surface area contributed by atoms with Crippen molar-refractivity contribution in [2.24, 2.45) is 0 Å². The Morgan fingerprint density at radius 3 is 2.76 bits per heavy atom. The molecule has 0 saturated carbocycles. The molecule has 21 heavy (non-hydrogen) atoms. The first-order valence-electron chi connectivity index (χ1n) is 6.74. The summed E-state index contributed by atoms with van der Waals surface area (Å²) in [6, 6.07) is 7.00. The number of ether oxygens (including phenoxy) is 1. The van der Waals surface area contributed by atoms with Crippen molar-refractivity contribution < 1.29 is 14.3 Å². The molecule has 1 aliphatic heterocycles. The molecule has 1 heterocycles. The van der Waals surface area contributed by atoms with E-state index in [1.807, 2.05) is 0 Å². The van der Waals surface area contributed by atoms with Crippen LogP contribution in [0, 0.1) is 0 Å². The van der Waals surface area contributed by atoms with Crippen LogP contribution in [0.3, 0.4) is 0 Å². The first-order valence-corrected chi connectivity index (χ1v) is 7.90. The van der Waals surface area contributed by atoms with Gasteiger partial charge in [-0.15, -0.1) is 11.8 Å². The van der Waals surface area contributed by atoms with E-state index in [9.17, 15) is 9.59 Å². The van der Waals surface area contributed by atoms with E-state index >= 15 is 0 Å². The van der Waals surface area contributed by atoms with E-state index in [1.165, 1.54) is 0 Å². The van der Waals surface area contributed by atoms with Crippen LogP contribution >= 0.6 is 11.8 Å². The molecular formula is C14H19N3O3S. The summed E-state index contributed by atoms with van der Waals surface area (Å²) in [7, 11) is 1.59. The summed E-state index contributed by atoms with van der Waals surface area (Å²) in [6.07, 6.45) is 0.319. The van der Waals surface area contributed by atoms with Gasteiger partial charge < -0.3 is 15.4 Å². The van der Waals surface area contributed by atoms with E-state index < -0.39 is 0 Å². The van der Waals surface area contributed by atoms with Gasteiger partial charge in [0.2, 0.25) is 11.8 Å². The molecule has 0 spiro atoms. The maximum Gasteiger partial charge on any atom is 0.242 e. The van der Waals surface area contributed by atoms with E-state index in [-0.39, 0.29) is 17.9 Å². The van der Waals surface area contributed by atoms with Crippen LogP contribution in [0.5, 0.6) is 5.75 Å². The molecule has 1 fully saturated rings. The van der Waals surface area contributed by atoms with Gasteiger partial charge in [-0.2, -0.15) is 0 Å². The Morgan fingerprint density at radius 2 is 2.14 bits per heavy atom. The number of amides is 2. The number of hydrogen-bond acceptors (Lipinski definition) is 5. The summed E-state index contributed by atoms with van der Waals surface area (Å²) in [5, 5.41) is 8.52. The summed E-state index contributed by atoms with van der Waals surface area (Å²) in [6.45, 7) is 0.328. The minimum Gasteiger partial charge on any atom is -0.493 e. The highest BCUT2D eigenvalue weighted by molar-refractivity contribution is 7.99. The number of carbonyl (C=O) groups is 2.